The summed E-state index contributed by atoms with van der Waals surface area (Å²) in [5.74, 6) is -1.47. The van der Waals surface area contributed by atoms with E-state index in [0.29, 0.717) is 42.5 Å². The van der Waals surface area contributed by atoms with Crippen molar-refractivity contribution in [2.24, 2.45) is 11.7 Å². The molecule has 0 saturated carbocycles. The van der Waals surface area contributed by atoms with E-state index >= 15 is 0 Å². The molecule has 0 fully saturated rings. The Morgan fingerprint density at radius 1 is 0.923 bits per heavy atom. The van der Waals surface area contributed by atoms with Gasteiger partial charge in [0.25, 0.3) is 11.8 Å². The number of ketones is 1. The van der Waals surface area contributed by atoms with Gasteiger partial charge in [-0.05, 0) is 54.2 Å². The standard InChI is InChI=1S/C31H34N4O4/c1-3-20(2)27(35-29(37)23-13-9-12-22(18-23)19-32)30(38)33-25(17-16-21-10-5-4-6-11-21)28(36)31-34-24-14-7-8-15-26(24)39-31/h4-15,18,20,25,27H,3,16-17,19,32H2,1-2H3,(H,33,38)(H,35,37)/t20?,25-,27-/m0/s1. The summed E-state index contributed by atoms with van der Waals surface area (Å²) >= 11 is 0. The van der Waals surface area contributed by atoms with Gasteiger partial charge in [-0.2, -0.15) is 0 Å². The molecule has 39 heavy (non-hydrogen) atoms. The number of rotatable bonds is 12. The summed E-state index contributed by atoms with van der Waals surface area (Å²) in [7, 11) is 0. The van der Waals surface area contributed by atoms with Crippen LogP contribution in [0.1, 0.15) is 58.9 Å². The van der Waals surface area contributed by atoms with E-state index in [-0.39, 0.29) is 17.7 Å². The van der Waals surface area contributed by atoms with E-state index in [9.17, 15) is 14.4 Å². The minimum Gasteiger partial charge on any atom is -0.434 e. The predicted molar refractivity (Wildman–Crippen MR) is 150 cm³/mol. The topological polar surface area (TPSA) is 127 Å². The molecule has 1 aromatic heterocycles. The molecule has 1 heterocycles. The van der Waals surface area contributed by atoms with Crippen molar-refractivity contribution in [2.45, 2.75) is 51.7 Å². The summed E-state index contributed by atoms with van der Waals surface area (Å²) in [6.45, 7) is 4.14. The van der Waals surface area contributed by atoms with Crippen LogP contribution in [0.3, 0.4) is 0 Å². The maximum atomic E-state index is 13.6. The summed E-state index contributed by atoms with van der Waals surface area (Å²) in [5.41, 5.74) is 9.06. The van der Waals surface area contributed by atoms with Crippen LogP contribution < -0.4 is 16.4 Å². The molecular formula is C31H34N4O4. The largest absolute Gasteiger partial charge is 0.434 e. The van der Waals surface area contributed by atoms with E-state index < -0.39 is 23.8 Å². The smallest absolute Gasteiger partial charge is 0.266 e. The Hall–Kier alpha value is -4.30. The first-order valence-electron chi connectivity index (χ1n) is 13.2. The van der Waals surface area contributed by atoms with Crippen LogP contribution in [0.2, 0.25) is 0 Å². The normalized spacial score (nSPS) is 13.4. The zero-order chi connectivity index (χ0) is 27.8. The number of hydrogen-bond donors (Lipinski definition) is 3. The van der Waals surface area contributed by atoms with Crippen molar-refractivity contribution in [3.8, 4) is 0 Å². The van der Waals surface area contributed by atoms with Crippen molar-refractivity contribution in [3.63, 3.8) is 0 Å². The van der Waals surface area contributed by atoms with Crippen LogP contribution in [0.25, 0.3) is 11.1 Å². The van der Waals surface area contributed by atoms with E-state index in [1.165, 1.54) is 0 Å². The molecule has 0 aliphatic rings. The fourth-order valence-electron chi connectivity index (χ4n) is 4.38. The fourth-order valence-corrected chi connectivity index (χ4v) is 4.38. The van der Waals surface area contributed by atoms with E-state index in [2.05, 4.69) is 15.6 Å². The number of para-hydroxylation sites is 2. The van der Waals surface area contributed by atoms with Crippen molar-refractivity contribution in [2.75, 3.05) is 0 Å². The molecule has 8 heteroatoms. The van der Waals surface area contributed by atoms with Gasteiger partial charge >= 0.3 is 0 Å². The average molecular weight is 527 g/mol. The van der Waals surface area contributed by atoms with Gasteiger partial charge in [0, 0.05) is 12.1 Å². The number of hydrogen-bond acceptors (Lipinski definition) is 6. The third kappa shape index (κ3) is 6.97. The van der Waals surface area contributed by atoms with Crippen molar-refractivity contribution < 1.29 is 18.8 Å². The van der Waals surface area contributed by atoms with Crippen molar-refractivity contribution in [3.05, 3.63) is 101 Å². The number of benzene rings is 3. The highest BCUT2D eigenvalue weighted by Crippen LogP contribution is 2.18. The molecule has 0 aliphatic carbocycles. The Morgan fingerprint density at radius 3 is 2.36 bits per heavy atom. The number of Topliss-reactive ketones (excluding diaryl/α,β-unsaturated/α-hetero) is 1. The van der Waals surface area contributed by atoms with Crippen LogP contribution in [-0.4, -0.2) is 34.7 Å². The van der Waals surface area contributed by atoms with Crippen LogP contribution in [0.15, 0.2) is 83.3 Å². The summed E-state index contributed by atoms with van der Waals surface area (Å²) in [6, 6.07) is 22.1. The minimum absolute atomic E-state index is 0.0581. The third-order valence-electron chi connectivity index (χ3n) is 6.91. The first-order valence-corrected chi connectivity index (χ1v) is 13.2. The summed E-state index contributed by atoms with van der Waals surface area (Å²) in [6.07, 6.45) is 1.55. The Bertz CT molecular complexity index is 1400. The number of nitrogens with two attached hydrogens (primary N) is 1. The second-order valence-electron chi connectivity index (χ2n) is 9.68. The number of oxazole rings is 1. The second-order valence-corrected chi connectivity index (χ2v) is 9.68. The second kappa shape index (κ2) is 13.0. The van der Waals surface area contributed by atoms with Gasteiger partial charge in [0.15, 0.2) is 5.58 Å². The number of nitrogens with one attached hydrogen (secondary N) is 2. The molecule has 0 spiro atoms. The Balaban J connectivity index is 1.56. The van der Waals surface area contributed by atoms with Gasteiger partial charge in [0.05, 0.1) is 6.04 Å². The molecule has 8 nitrogen and oxygen atoms in total. The van der Waals surface area contributed by atoms with E-state index in [1.807, 2.05) is 56.3 Å². The molecule has 0 bridgehead atoms. The quantitative estimate of drug-likeness (QED) is 0.234. The van der Waals surface area contributed by atoms with Crippen LogP contribution in [-0.2, 0) is 17.8 Å². The maximum Gasteiger partial charge on any atom is 0.266 e. The minimum atomic E-state index is -0.894. The molecule has 4 rings (SSSR count). The number of carbonyl (C=O) groups is 3. The van der Waals surface area contributed by atoms with Gasteiger partial charge in [0.2, 0.25) is 11.7 Å². The van der Waals surface area contributed by atoms with E-state index in [1.54, 1.807) is 36.4 Å². The SMILES string of the molecule is CCC(C)[C@H](NC(=O)c1cccc(CN)c1)C(=O)N[C@@H](CCc1ccccc1)C(=O)c1nc2ccccc2o1. The molecular weight excluding hydrogens is 492 g/mol. The van der Waals surface area contributed by atoms with Crippen LogP contribution in [0.4, 0.5) is 0 Å². The zero-order valence-electron chi connectivity index (χ0n) is 22.2. The van der Waals surface area contributed by atoms with Crippen molar-refractivity contribution in [1.29, 1.82) is 0 Å². The number of aromatic nitrogens is 1. The lowest BCUT2D eigenvalue weighted by atomic mass is 9.96. The number of aryl methyl sites for hydroxylation is 1. The average Bonchev–Trinajstić information content (AvgIpc) is 3.42. The highest BCUT2D eigenvalue weighted by molar-refractivity contribution is 6.02. The lowest BCUT2D eigenvalue weighted by molar-refractivity contribution is -0.124. The molecule has 0 radical (unpaired) electrons. The lowest BCUT2D eigenvalue weighted by Crippen LogP contribution is -2.54. The third-order valence-corrected chi connectivity index (χ3v) is 6.91. The predicted octanol–water partition coefficient (Wildman–Crippen LogP) is 4.43. The Kier molecular flexibility index (Phi) is 9.22. The molecule has 1 unspecified atom stereocenters. The van der Waals surface area contributed by atoms with Crippen LogP contribution in [0, 0.1) is 5.92 Å². The highest BCUT2D eigenvalue weighted by atomic mass is 16.4. The van der Waals surface area contributed by atoms with Gasteiger partial charge in [-0.15, -0.1) is 0 Å². The lowest BCUT2D eigenvalue weighted by Gasteiger charge is -2.26. The highest BCUT2D eigenvalue weighted by Gasteiger charge is 2.32. The van der Waals surface area contributed by atoms with Crippen LogP contribution >= 0.6 is 0 Å². The summed E-state index contributed by atoms with van der Waals surface area (Å²) in [5, 5.41) is 5.77. The molecule has 4 aromatic rings. The molecule has 3 aromatic carbocycles. The first-order chi connectivity index (χ1) is 18.9. The molecule has 2 amide bonds. The van der Waals surface area contributed by atoms with Gasteiger partial charge in [-0.25, -0.2) is 4.98 Å². The van der Waals surface area contributed by atoms with Crippen LogP contribution in [0.5, 0.6) is 0 Å². The van der Waals surface area contributed by atoms with Gasteiger partial charge in [-0.3, -0.25) is 14.4 Å². The summed E-state index contributed by atoms with van der Waals surface area (Å²) < 4.78 is 5.73. The number of fused-ring (bicyclic) bond motifs is 1. The monoisotopic (exact) mass is 526 g/mol. The molecule has 202 valence electrons. The molecule has 0 aliphatic heterocycles. The number of nitrogens with zero attached hydrogens (tertiary/aromatic N) is 1. The molecule has 4 N–H and O–H groups in total. The zero-order valence-corrected chi connectivity index (χ0v) is 22.2. The summed E-state index contributed by atoms with van der Waals surface area (Å²) in [4.78, 5) is 44.6. The van der Waals surface area contributed by atoms with Gasteiger partial charge < -0.3 is 20.8 Å². The number of amides is 2. The fraction of sp³-hybridized carbons (Fsp3) is 0.290. The number of carbonyl (C=O) groups excluding carboxylic acids is 3. The van der Waals surface area contributed by atoms with Crippen molar-refractivity contribution in [1.82, 2.24) is 15.6 Å². The van der Waals surface area contributed by atoms with Gasteiger partial charge in [0.1, 0.15) is 11.6 Å². The molecule has 0 saturated heterocycles. The Morgan fingerprint density at radius 2 is 1.64 bits per heavy atom. The Labute approximate surface area is 228 Å². The maximum absolute atomic E-state index is 13.6. The van der Waals surface area contributed by atoms with E-state index in [4.69, 9.17) is 10.2 Å². The van der Waals surface area contributed by atoms with Crippen molar-refractivity contribution >= 4 is 28.7 Å². The first kappa shape index (κ1) is 27.7. The van der Waals surface area contributed by atoms with E-state index in [0.717, 1.165) is 11.1 Å². The molecule has 3 atom stereocenters. The van der Waals surface area contributed by atoms with Gasteiger partial charge in [-0.1, -0.05) is 74.9 Å².